The zero-order valence-corrected chi connectivity index (χ0v) is 12.6. The molecule has 0 aliphatic carbocycles. The minimum Gasteiger partial charge on any atom is -0.466 e. The molecule has 0 aromatic carbocycles. The van der Waals surface area contributed by atoms with Crippen molar-refractivity contribution in [3.05, 3.63) is 24.3 Å². The topological polar surface area (TPSA) is 52.6 Å². The number of rotatable bonds is 6. The lowest BCUT2D eigenvalue weighted by Gasteiger charge is -2.14. The van der Waals surface area contributed by atoms with Crippen LogP contribution in [0.2, 0.25) is 0 Å². The molecule has 21 heavy (non-hydrogen) atoms. The Balaban J connectivity index is 4.24. The van der Waals surface area contributed by atoms with Gasteiger partial charge in [0.2, 0.25) is 0 Å². The van der Waals surface area contributed by atoms with Crippen LogP contribution in [0.3, 0.4) is 0 Å². The van der Waals surface area contributed by atoms with Gasteiger partial charge in [0.05, 0.1) is 6.61 Å². The molecule has 0 bridgehead atoms. The molecule has 0 rings (SSSR count). The first-order valence-electron chi connectivity index (χ1n) is 6.64. The van der Waals surface area contributed by atoms with Crippen molar-refractivity contribution in [3.8, 4) is 23.7 Å². The van der Waals surface area contributed by atoms with Crippen molar-refractivity contribution in [2.75, 3.05) is 6.61 Å². The van der Waals surface area contributed by atoms with E-state index in [1.165, 1.54) is 13.8 Å². The van der Waals surface area contributed by atoms with E-state index >= 15 is 0 Å². The molecule has 0 aromatic heterocycles. The highest BCUT2D eigenvalue weighted by Crippen LogP contribution is 2.06. The molecule has 1 atom stereocenters. The largest absolute Gasteiger partial charge is 0.466 e. The molecular formula is C17H20O4. The molecule has 0 fully saturated rings. The lowest BCUT2D eigenvalue weighted by molar-refractivity contribution is -0.148. The lowest BCUT2D eigenvalue weighted by atomic mass is 10.2. The van der Waals surface area contributed by atoms with Gasteiger partial charge >= 0.3 is 11.9 Å². The average molecular weight is 288 g/mol. The van der Waals surface area contributed by atoms with E-state index in [4.69, 9.17) is 9.47 Å². The summed E-state index contributed by atoms with van der Waals surface area (Å²) in [5, 5.41) is 0. The van der Waals surface area contributed by atoms with Crippen LogP contribution in [-0.2, 0) is 19.1 Å². The minimum absolute atomic E-state index is 0.224. The Labute approximate surface area is 126 Å². The molecule has 4 heteroatoms. The molecule has 0 saturated heterocycles. The molecule has 0 N–H and O–H groups in total. The Hall–Kier alpha value is -2.46. The molecule has 0 heterocycles. The maximum absolute atomic E-state index is 11.0. The van der Waals surface area contributed by atoms with E-state index in [0.29, 0.717) is 12.8 Å². The zero-order chi connectivity index (χ0) is 15.9. The quantitative estimate of drug-likeness (QED) is 0.556. The van der Waals surface area contributed by atoms with Gasteiger partial charge in [-0.3, -0.25) is 9.59 Å². The summed E-state index contributed by atoms with van der Waals surface area (Å²) in [5.74, 6) is 10.1. The number of allylic oxidation sites excluding steroid dienone is 3. The first kappa shape index (κ1) is 18.5. The molecule has 1 unspecified atom stereocenters. The number of esters is 2. The highest BCUT2D eigenvalue weighted by atomic mass is 16.6. The number of carbonyl (C=O) groups excluding carboxylic acids is 2. The summed E-state index contributed by atoms with van der Waals surface area (Å²) in [7, 11) is 0. The second-order valence-corrected chi connectivity index (χ2v) is 4.04. The Morgan fingerprint density at radius 2 is 1.76 bits per heavy atom. The summed E-state index contributed by atoms with van der Waals surface area (Å²) in [4.78, 5) is 21.7. The second kappa shape index (κ2) is 12.6. The summed E-state index contributed by atoms with van der Waals surface area (Å²) < 4.78 is 9.95. The number of hydrogen-bond acceptors (Lipinski definition) is 4. The van der Waals surface area contributed by atoms with Gasteiger partial charge in [0, 0.05) is 26.7 Å². The first-order chi connectivity index (χ1) is 10.1. The smallest absolute Gasteiger partial charge is 0.302 e. The van der Waals surface area contributed by atoms with E-state index < -0.39 is 0 Å². The SMILES string of the molecule is C/C=C/C#CC#C/C=C/CC(CCOC(C)=O)OC(C)=O. The normalized spacial score (nSPS) is 11.2. The maximum Gasteiger partial charge on any atom is 0.302 e. The van der Waals surface area contributed by atoms with Crippen LogP contribution >= 0.6 is 0 Å². The number of hydrogen-bond donors (Lipinski definition) is 0. The van der Waals surface area contributed by atoms with Crippen molar-refractivity contribution in [3.63, 3.8) is 0 Å². The van der Waals surface area contributed by atoms with Gasteiger partial charge in [0.1, 0.15) is 6.10 Å². The van der Waals surface area contributed by atoms with Crippen LogP contribution < -0.4 is 0 Å². The van der Waals surface area contributed by atoms with Crippen molar-refractivity contribution in [2.24, 2.45) is 0 Å². The van der Waals surface area contributed by atoms with Gasteiger partial charge in [0.25, 0.3) is 0 Å². The predicted octanol–water partition coefficient (Wildman–Crippen LogP) is 2.40. The van der Waals surface area contributed by atoms with Gasteiger partial charge in [-0.1, -0.05) is 24.0 Å². The van der Waals surface area contributed by atoms with Crippen LogP contribution in [0.25, 0.3) is 0 Å². The van der Waals surface area contributed by atoms with Crippen molar-refractivity contribution >= 4 is 11.9 Å². The van der Waals surface area contributed by atoms with Crippen LogP contribution in [0.1, 0.15) is 33.6 Å². The number of ether oxygens (including phenoxy) is 2. The molecule has 112 valence electrons. The van der Waals surface area contributed by atoms with Crippen molar-refractivity contribution in [2.45, 2.75) is 39.7 Å². The summed E-state index contributed by atoms with van der Waals surface area (Å²) in [6.07, 6.45) is 7.64. The average Bonchev–Trinajstić information content (AvgIpc) is 2.40. The minimum atomic E-state index is -0.362. The van der Waals surface area contributed by atoms with Gasteiger partial charge in [-0.05, 0) is 30.9 Å². The van der Waals surface area contributed by atoms with Gasteiger partial charge in [0.15, 0.2) is 0 Å². The van der Waals surface area contributed by atoms with Gasteiger partial charge in [-0.25, -0.2) is 0 Å². The van der Waals surface area contributed by atoms with Gasteiger partial charge in [-0.15, -0.1) is 0 Å². The third-order valence-electron chi connectivity index (χ3n) is 2.13. The van der Waals surface area contributed by atoms with E-state index in [-0.39, 0.29) is 24.6 Å². The molecule has 0 saturated carbocycles. The van der Waals surface area contributed by atoms with Crippen LogP contribution in [0.15, 0.2) is 24.3 Å². The monoisotopic (exact) mass is 288 g/mol. The van der Waals surface area contributed by atoms with Crippen molar-refractivity contribution in [1.82, 2.24) is 0 Å². The summed E-state index contributed by atoms with van der Waals surface area (Å²) in [6, 6.07) is 0. The summed E-state index contributed by atoms with van der Waals surface area (Å²) >= 11 is 0. The molecule has 0 aromatic rings. The molecule has 0 spiro atoms. The van der Waals surface area contributed by atoms with E-state index in [2.05, 4.69) is 23.7 Å². The van der Waals surface area contributed by atoms with E-state index in [1.807, 2.05) is 13.0 Å². The third-order valence-corrected chi connectivity index (χ3v) is 2.13. The Bertz CT molecular complexity index is 506. The third kappa shape index (κ3) is 13.8. The van der Waals surface area contributed by atoms with Crippen LogP contribution in [0, 0.1) is 23.7 Å². The molecule has 4 nitrogen and oxygen atoms in total. The lowest BCUT2D eigenvalue weighted by Crippen LogP contribution is -2.18. The highest BCUT2D eigenvalue weighted by molar-refractivity contribution is 5.66. The Morgan fingerprint density at radius 3 is 2.33 bits per heavy atom. The summed E-state index contributed by atoms with van der Waals surface area (Å²) in [5.41, 5.74) is 0. The van der Waals surface area contributed by atoms with Crippen LogP contribution in [0.4, 0.5) is 0 Å². The van der Waals surface area contributed by atoms with E-state index in [0.717, 1.165) is 0 Å². The van der Waals surface area contributed by atoms with Crippen molar-refractivity contribution in [1.29, 1.82) is 0 Å². The highest BCUT2D eigenvalue weighted by Gasteiger charge is 2.10. The Kier molecular flexibility index (Phi) is 11.1. The molecular weight excluding hydrogens is 268 g/mol. The fraction of sp³-hybridized carbons (Fsp3) is 0.412. The predicted molar refractivity (Wildman–Crippen MR) is 80.9 cm³/mol. The van der Waals surface area contributed by atoms with Crippen molar-refractivity contribution < 1.29 is 19.1 Å². The zero-order valence-electron chi connectivity index (χ0n) is 12.6. The van der Waals surface area contributed by atoms with Gasteiger partial charge < -0.3 is 9.47 Å². The van der Waals surface area contributed by atoms with Gasteiger partial charge in [-0.2, -0.15) is 0 Å². The van der Waals surface area contributed by atoms with Crippen LogP contribution in [0.5, 0.6) is 0 Å². The first-order valence-corrected chi connectivity index (χ1v) is 6.64. The molecule has 0 radical (unpaired) electrons. The van der Waals surface area contributed by atoms with Crippen LogP contribution in [-0.4, -0.2) is 24.6 Å². The number of carbonyl (C=O) groups is 2. The fourth-order valence-corrected chi connectivity index (χ4v) is 1.31. The van der Waals surface area contributed by atoms with E-state index in [9.17, 15) is 9.59 Å². The van der Waals surface area contributed by atoms with E-state index in [1.54, 1.807) is 18.2 Å². The molecule has 0 amide bonds. The summed E-state index contributed by atoms with van der Waals surface area (Å²) in [6.45, 7) is 4.79. The second-order valence-electron chi connectivity index (χ2n) is 4.04. The maximum atomic E-state index is 11.0. The Morgan fingerprint density at radius 1 is 1.10 bits per heavy atom. The standard InChI is InChI=1S/C17H20O4/c1-4-5-6-7-8-9-10-11-12-17(21-16(3)19)13-14-20-15(2)18/h4-5,10-11,17H,12-14H2,1-3H3/b5-4+,11-10+. The molecule has 0 aliphatic rings. The molecule has 0 aliphatic heterocycles. The fourth-order valence-electron chi connectivity index (χ4n) is 1.31.